The van der Waals surface area contributed by atoms with Crippen molar-refractivity contribution >= 4 is 5.91 Å². The van der Waals surface area contributed by atoms with Gasteiger partial charge >= 0.3 is 0 Å². The summed E-state index contributed by atoms with van der Waals surface area (Å²) in [7, 11) is 4.17. The number of likely N-dealkylation sites (N-methyl/N-ethyl adjacent to an activating group) is 1. The molecular weight excluding hydrogens is 250 g/mol. The van der Waals surface area contributed by atoms with E-state index in [1.165, 1.54) is 19.3 Å². The lowest BCUT2D eigenvalue weighted by Crippen LogP contribution is -2.60. The van der Waals surface area contributed by atoms with Crippen molar-refractivity contribution in [2.75, 3.05) is 33.7 Å². The molecule has 2 rings (SSSR count). The first-order chi connectivity index (χ1) is 9.38. The Hall–Kier alpha value is -0.610. The monoisotopic (exact) mass is 281 g/mol. The SMILES string of the molecule is CNC1(CC(=O)N2CCN(C)C(C)(C)C2)CCCCC1. The molecule has 1 aliphatic heterocycles. The second kappa shape index (κ2) is 6.02. The molecule has 0 bridgehead atoms. The summed E-state index contributed by atoms with van der Waals surface area (Å²) in [6.45, 7) is 7.15. The molecule has 1 saturated carbocycles. The Balaban J connectivity index is 1.97. The highest BCUT2D eigenvalue weighted by molar-refractivity contribution is 5.77. The number of carbonyl (C=O) groups excluding carboxylic acids is 1. The second-order valence-electron chi connectivity index (χ2n) is 7.32. The molecule has 1 heterocycles. The van der Waals surface area contributed by atoms with Crippen LogP contribution in [-0.2, 0) is 4.79 Å². The van der Waals surface area contributed by atoms with Crippen molar-refractivity contribution < 1.29 is 4.79 Å². The number of hydrogen-bond acceptors (Lipinski definition) is 3. The van der Waals surface area contributed by atoms with Gasteiger partial charge in [0.15, 0.2) is 0 Å². The van der Waals surface area contributed by atoms with Crippen LogP contribution in [-0.4, -0.2) is 60.5 Å². The van der Waals surface area contributed by atoms with E-state index >= 15 is 0 Å². The van der Waals surface area contributed by atoms with E-state index in [0.717, 1.165) is 32.5 Å². The number of carbonyl (C=O) groups is 1. The summed E-state index contributed by atoms with van der Waals surface area (Å²) in [5.74, 6) is 0.336. The predicted molar refractivity (Wildman–Crippen MR) is 82.8 cm³/mol. The smallest absolute Gasteiger partial charge is 0.224 e. The summed E-state index contributed by atoms with van der Waals surface area (Å²) in [6, 6.07) is 0. The summed E-state index contributed by atoms with van der Waals surface area (Å²) < 4.78 is 0. The van der Waals surface area contributed by atoms with Crippen LogP contribution in [0, 0.1) is 0 Å². The Kier molecular flexibility index (Phi) is 4.75. The summed E-state index contributed by atoms with van der Waals surface area (Å²) in [5.41, 5.74) is 0.149. The van der Waals surface area contributed by atoms with Crippen LogP contribution in [0.5, 0.6) is 0 Å². The summed E-state index contributed by atoms with van der Waals surface area (Å²) in [6.07, 6.45) is 6.78. The number of amides is 1. The van der Waals surface area contributed by atoms with Crippen LogP contribution in [0.15, 0.2) is 0 Å². The average Bonchev–Trinajstić information content (AvgIpc) is 2.42. The van der Waals surface area contributed by atoms with E-state index in [1.54, 1.807) is 0 Å². The minimum absolute atomic E-state index is 0.0584. The van der Waals surface area contributed by atoms with E-state index in [4.69, 9.17) is 0 Å². The van der Waals surface area contributed by atoms with E-state index in [9.17, 15) is 4.79 Å². The molecule has 1 N–H and O–H groups in total. The quantitative estimate of drug-likeness (QED) is 0.857. The molecule has 0 aromatic carbocycles. The lowest BCUT2D eigenvalue weighted by atomic mass is 9.79. The molecule has 116 valence electrons. The molecule has 0 aromatic heterocycles. The van der Waals surface area contributed by atoms with Gasteiger partial charge in [0, 0.05) is 37.1 Å². The first kappa shape index (κ1) is 15.8. The minimum atomic E-state index is 0.0584. The Labute approximate surface area is 123 Å². The number of piperazine rings is 1. The molecule has 4 nitrogen and oxygen atoms in total. The summed E-state index contributed by atoms with van der Waals surface area (Å²) >= 11 is 0. The Morgan fingerprint density at radius 3 is 2.35 bits per heavy atom. The van der Waals surface area contributed by atoms with Gasteiger partial charge in [0.1, 0.15) is 0 Å². The minimum Gasteiger partial charge on any atom is -0.340 e. The Morgan fingerprint density at radius 2 is 1.80 bits per heavy atom. The number of rotatable bonds is 3. The molecule has 1 aliphatic carbocycles. The molecule has 0 spiro atoms. The molecule has 4 heteroatoms. The van der Waals surface area contributed by atoms with Crippen LogP contribution in [0.4, 0.5) is 0 Å². The Morgan fingerprint density at radius 1 is 1.15 bits per heavy atom. The van der Waals surface area contributed by atoms with E-state index in [1.807, 2.05) is 7.05 Å². The van der Waals surface area contributed by atoms with Crippen LogP contribution < -0.4 is 5.32 Å². The fourth-order valence-electron chi connectivity index (χ4n) is 3.60. The first-order valence-electron chi connectivity index (χ1n) is 8.07. The standard InChI is InChI=1S/C16H31N3O/c1-15(2)13-19(11-10-18(15)4)14(20)12-16(17-3)8-6-5-7-9-16/h17H,5-13H2,1-4H3. The van der Waals surface area contributed by atoms with Gasteiger partial charge in [-0.15, -0.1) is 0 Å². The highest BCUT2D eigenvalue weighted by Crippen LogP contribution is 2.32. The van der Waals surface area contributed by atoms with Crippen LogP contribution in [0.1, 0.15) is 52.4 Å². The third-order valence-corrected chi connectivity index (χ3v) is 5.50. The molecule has 20 heavy (non-hydrogen) atoms. The summed E-state index contributed by atoms with van der Waals surface area (Å²) in [5, 5.41) is 3.46. The van der Waals surface area contributed by atoms with Crippen molar-refractivity contribution in [3.05, 3.63) is 0 Å². The van der Waals surface area contributed by atoms with E-state index in [-0.39, 0.29) is 11.1 Å². The van der Waals surface area contributed by atoms with Gasteiger partial charge < -0.3 is 10.2 Å². The van der Waals surface area contributed by atoms with E-state index in [2.05, 4.69) is 36.0 Å². The fraction of sp³-hybridized carbons (Fsp3) is 0.938. The molecular formula is C16H31N3O. The third-order valence-electron chi connectivity index (χ3n) is 5.50. The Bertz CT molecular complexity index is 348. The topological polar surface area (TPSA) is 35.6 Å². The van der Waals surface area contributed by atoms with Crippen molar-refractivity contribution in [3.8, 4) is 0 Å². The van der Waals surface area contributed by atoms with Gasteiger partial charge in [-0.25, -0.2) is 0 Å². The zero-order valence-corrected chi connectivity index (χ0v) is 13.7. The highest BCUT2D eigenvalue weighted by Gasteiger charge is 2.37. The van der Waals surface area contributed by atoms with Crippen LogP contribution >= 0.6 is 0 Å². The number of nitrogens with zero attached hydrogens (tertiary/aromatic N) is 2. The van der Waals surface area contributed by atoms with Crippen LogP contribution in [0.25, 0.3) is 0 Å². The van der Waals surface area contributed by atoms with Crippen molar-refractivity contribution in [1.82, 2.24) is 15.1 Å². The fourth-order valence-corrected chi connectivity index (χ4v) is 3.60. The lowest BCUT2D eigenvalue weighted by molar-refractivity contribution is -0.137. The van der Waals surface area contributed by atoms with Crippen molar-refractivity contribution in [3.63, 3.8) is 0 Å². The van der Waals surface area contributed by atoms with Crippen LogP contribution in [0.2, 0.25) is 0 Å². The van der Waals surface area contributed by atoms with Crippen molar-refractivity contribution in [2.45, 2.75) is 63.5 Å². The molecule has 1 saturated heterocycles. The van der Waals surface area contributed by atoms with Gasteiger partial charge in [-0.3, -0.25) is 9.69 Å². The molecule has 0 atom stereocenters. The van der Waals surface area contributed by atoms with Gasteiger partial charge in [0.25, 0.3) is 0 Å². The average molecular weight is 281 g/mol. The number of hydrogen-bond donors (Lipinski definition) is 1. The maximum atomic E-state index is 12.7. The molecule has 0 radical (unpaired) electrons. The maximum Gasteiger partial charge on any atom is 0.224 e. The third kappa shape index (κ3) is 3.34. The molecule has 2 aliphatic rings. The van der Waals surface area contributed by atoms with E-state index < -0.39 is 0 Å². The van der Waals surface area contributed by atoms with Gasteiger partial charge in [0.2, 0.25) is 5.91 Å². The van der Waals surface area contributed by atoms with Gasteiger partial charge in [-0.1, -0.05) is 19.3 Å². The zero-order valence-electron chi connectivity index (χ0n) is 13.7. The molecule has 0 unspecified atom stereocenters. The van der Waals surface area contributed by atoms with Gasteiger partial charge in [0.05, 0.1) is 0 Å². The van der Waals surface area contributed by atoms with Crippen LogP contribution in [0.3, 0.4) is 0 Å². The van der Waals surface area contributed by atoms with Crippen molar-refractivity contribution in [2.24, 2.45) is 0 Å². The number of nitrogens with one attached hydrogen (secondary N) is 1. The molecule has 1 amide bonds. The van der Waals surface area contributed by atoms with Crippen molar-refractivity contribution in [1.29, 1.82) is 0 Å². The summed E-state index contributed by atoms with van der Waals surface area (Å²) in [4.78, 5) is 17.1. The van der Waals surface area contributed by atoms with E-state index in [0.29, 0.717) is 12.3 Å². The highest BCUT2D eigenvalue weighted by atomic mass is 16.2. The predicted octanol–water partition coefficient (Wildman–Crippen LogP) is 1.85. The second-order valence-corrected chi connectivity index (χ2v) is 7.32. The normalized spacial score (nSPS) is 26.5. The maximum absolute atomic E-state index is 12.7. The lowest BCUT2D eigenvalue weighted by Gasteiger charge is -2.46. The van der Waals surface area contributed by atoms with Gasteiger partial charge in [-0.2, -0.15) is 0 Å². The largest absolute Gasteiger partial charge is 0.340 e. The molecule has 2 fully saturated rings. The first-order valence-corrected chi connectivity index (χ1v) is 8.07. The molecule has 0 aromatic rings. The van der Waals surface area contributed by atoms with Gasteiger partial charge in [-0.05, 0) is 40.8 Å². The zero-order chi connectivity index (χ0) is 14.8.